The van der Waals surface area contributed by atoms with Crippen LogP contribution in [-0.2, 0) is 4.74 Å². The zero-order chi connectivity index (χ0) is 11.3. The van der Waals surface area contributed by atoms with Gasteiger partial charge in [0.25, 0.3) is 0 Å². The molecule has 1 spiro atoms. The third-order valence-electron chi connectivity index (χ3n) is 5.64. The lowest BCUT2D eigenvalue weighted by Crippen LogP contribution is -2.52. The summed E-state index contributed by atoms with van der Waals surface area (Å²) in [5.74, 6) is 0.940. The molecule has 96 valence electrons. The minimum absolute atomic E-state index is 0.314. The van der Waals surface area contributed by atoms with E-state index in [9.17, 15) is 0 Å². The van der Waals surface area contributed by atoms with Crippen LogP contribution in [0.25, 0.3) is 0 Å². The smallest absolute Gasteiger partial charge is 0.0697 e. The van der Waals surface area contributed by atoms with Crippen LogP contribution in [-0.4, -0.2) is 48.8 Å². The first kappa shape index (κ1) is 10.8. The Balaban J connectivity index is 1.42. The molecule has 17 heavy (non-hydrogen) atoms. The summed E-state index contributed by atoms with van der Waals surface area (Å²) in [6, 6.07) is 1.62. The molecule has 1 unspecified atom stereocenters. The Morgan fingerprint density at radius 3 is 2.88 bits per heavy atom. The summed E-state index contributed by atoms with van der Waals surface area (Å²) in [5, 5.41) is 3.66. The summed E-state index contributed by atoms with van der Waals surface area (Å²) in [4.78, 5) is 2.77. The molecule has 4 fully saturated rings. The maximum absolute atomic E-state index is 6.04. The highest BCUT2D eigenvalue weighted by atomic mass is 16.5. The van der Waals surface area contributed by atoms with E-state index in [0.29, 0.717) is 5.60 Å². The average molecular weight is 236 g/mol. The van der Waals surface area contributed by atoms with Gasteiger partial charge >= 0.3 is 0 Å². The van der Waals surface area contributed by atoms with Gasteiger partial charge < -0.3 is 10.1 Å². The van der Waals surface area contributed by atoms with Crippen molar-refractivity contribution in [2.45, 2.75) is 56.2 Å². The minimum Gasteiger partial charge on any atom is -0.375 e. The van der Waals surface area contributed by atoms with Gasteiger partial charge in [0, 0.05) is 31.8 Å². The molecular formula is C14H24N2O. The molecule has 4 rings (SSSR count). The van der Waals surface area contributed by atoms with E-state index in [1.807, 2.05) is 0 Å². The topological polar surface area (TPSA) is 24.5 Å². The van der Waals surface area contributed by atoms with Crippen molar-refractivity contribution in [2.24, 2.45) is 5.92 Å². The summed E-state index contributed by atoms with van der Waals surface area (Å²) in [6.45, 7) is 4.90. The van der Waals surface area contributed by atoms with Gasteiger partial charge in [-0.3, -0.25) is 4.90 Å². The molecule has 3 saturated heterocycles. The molecule has 3 nitrogen and oxygen atoms in total. The van der Waals surface area contributed by atoms with E-state index >= 15 is 0 Å². The predicted molar refractivity (Wildman–Crippen MR) is 67.0 cm³/mol. The second-order valence-electron chi connectivity index (χ2n) is 6.59. The molecule has 3 aliphatic heterocycles. The van der Waals surface area contributed by atoms with Crippen LogP contribution in [0.1, 0.15) is 38.5 Å². The van der Waals surface area contributed by atoms with Crippen molar-refractivity contribution < 1.29 is 4.74 Å². The number of likely N-dealkylation sites (tertiary alicyclic amines) is 1. The van der Waals surface area contributed by atoms with Crippen LogP contribution in [0.3, 0.4) is 0 Å². The van der Waals surface area contributed by atoms with E-state index in [-0.39, 0.29) is 0 Å². The van der Waals surface area contributed by atoms with Crippen molar-refractivity contribution in [3.63, 3.8) is 0 Å². The number of rotatable bonds is 1. The lowest BCUT2D eigenvalue weighted by molar-refractivity contribution is -0.147. The molecule has 1 aliphatic carbocycles. The minimum atomic E-state index is 0.314. The molecule has 0 radical (unpaired) electrons. The second kappa shape index (κ2) is 3.94. The first-order valence-electron chi connectivity index (χ1n) is 7.46. The Kier molecular flexibility index (Phi) is 2.50. The van der Waals surface area contributed by atoms with Crippen molar-refractivity contribution in [1.29, 1.82) is 0 Å². The van der Waals surface area contributed by atoms with Crippen LogP contribution >= 0.6 is 0 Å². The van der Waals surface area contributed by atoms with E-state index in [1.165, 1.54) is 58.2 Å². The van der Waals surface area contributed by atoms with Gasteiger partial charge in [-0.15, -0.1) is 0 Å². The lowest BCUT2D eigenvalue weighted by atomic mass is 9.73. The van der Waals surface area contributed by atoms with E-state index in [0.717, 1.165) is 24.6 Å². The number of ether oxygens (including phenoxy) is 1. The number of fused-ring (bicyclic) bond motifs is 1. The van der Waals surface area contributed by atoms with Crippen molar-refractivity contribution in [2.75, 3.05) is 26.2 Å². The molecule has 4 aliphatic rings. The molecule has 0 aromatic carbocycles. The van der Waals surface area contributed by atoms with E-state index < -0.39 is 0 Å². The Hall–Kier alpha value is -0.120. The molecule has 1 N–H and O–H groups in total. The van der Waals surface area contributed by atoms with Crippen LogP contribution in [0.15, 0.2) is 0 Å². The molecule has 3 atom stereocenters. The standard InChI is InChI=1S/C14H24N2O/c1-4-14(5-1)8-12(3-7-17-14)16-9-11-2-6-15-13(11)10-16/h11-13,15H,1-10H2/t11-,12?,13+/m0/s1. The highest BCUT2D eigenvalue weighted by molar-refractivity contribution is 5.01. The van der Waals surface area contributed by atoms with Crippen molar-refractivity contribution in [1.82, 2.24) is 10.2 Å². The van der Waals surface area contributed by atoms with E-state index in [2.05, 4.69) is 10.2 Å². The summed E-state index contributed by atoms with van der Waals surface area (Å²) >= 11 is 0. The fraction of sp³-hybridized carbons (Fsp3) is 1.00. The molecular weight excluding hydrogens is 212 g/mol. The average Bonchev–Trinajstić information content (AvgIpc) is 2.87. The van der Waals surface area contributed by atoms with Crippen molar-refractivity contribution >= 4 is 0 Å². The zero-order valence-corrected chi connectivity index (χ0v) is 10.7. The quantitative estimate of drug-likeness (QED) is 0.744. The molecule has 3 heterocycles. The fourth-order valence-electron chi connectivity index (χ4n) is 4.41. The Labute approximate surface area is 104 Å². The highest BCUT2D eigenvalue weighted by Gasteiger charge is 2.46. The Morgan fingerprint density at radius 1 is 1.18 bits per heavy atom. The molecule has 0 aromatic rings. The van der Waals surface area contributed by atoms with E-state index in [1.54, 1.807) is 0 Å². The summed E-state index contributed by atoms with van der Waals surface area (Å²) < 4.78 is 6.04. The molecule has 3 heteroatoms. The second-order valence-corrected chi connectivity index (χ2v) is 6.59. The normalized spacial score (nSPS) is 44.8. The highest BCUT2D eigenvalue weighted by Crippen LogP contribution is 2.44. The van der Waals surface area contributed by atoms with Crippen LogP contribution in [0.5, 0.6) is 0 Å². The van der Waals surface area contributed by atoms with Gasteiger partial charge in [0.15, 0.2) is 0 Å². The Morgan fingerprint density at radius 2 is 2.12 bits per heavy atom. The van der Waals surface area contributed by atoms with Gasteiger partial charge in [0.1, 0.15) is 0 Å². The summed E-state index contributed by atoms with van der Waals surface area (Å²) in [5.41, 5.74) is 0.314. The molecule has 0 amide bonds. The van der Waals surface area contributed by atoms with Gasteiger partial charge in [-0.2, -0.15) is 0 Å². The number of nitrogens with zero attached hydrogens (tertiary/aromatic N) is 1. The largest absolute Gasteiger partial charge is 0.375 e. The summed E-state index contributed by atoms with van der Waals surface area (Å²) in [7, 11) is 0. The maximum atomic E-state index is 6.04. The van der Waals surface area contributed by atoms with E-state index in [4.69, 9.17) is 4.74 Å². The van der Waals surface area contributed by atoms with Crippen LogP contribution in [0.2, 0.25) is 0 Å². The first-order chi connectivity index (χ1) is 8.35. The van der Waals surface area contributed by atoms with Crippen molar-refractivity contribution in [3.05, 3.63) is 0 Å². The van der Waals surface area contributed by atoms with Crippen molar-refractivity contribution in [3.8, 4) is 0 Å². The number of hydrogen-bond donors (Lipinski definition) is 1. The summed E-state index contributed by atoms with van der Waals surface area (Å²) in [6.07, 6.45) is 8.01. The van der Waals surface area contributed by atoms with Crippen LogP contribution in [0, 0.1) is 5.92 Å². The number of nitrogens with one attached hydrogen (secondary N) is 1. The molecule has 0 bridgehead atoms. The Bertz CT molecular complexity index is 291. The van der Waals surface area contributed by atoms with Crippen LogP contribution in [0.4, 0.5) is 0 Å². The fourth-order valence-corrected chi connectivity index (χ4v) is 4.41. The number of hydrogen-bond acceptors (Lipinski definition) is 3. The SMILES string of the molecule is C1CC2(C1)CC(N1C[C@@H]3CCN[C@@H]3C1)CCO2. The first-order valence-corrected chi connectivity index (χ1v) is 7.46. The third-order valence-corrected chi connectivity index (χ3v) is 5.64. The predicted octanol–water partition coefficient (Wildman–Crippen LogP) is 1.38. The molecule has 1 saturated carbocycles. The lowest BCUT2D eigenvalue weighted by Gasteiger charge is -2.49. The molecule has 0 aromatic heterocycles. The van der Waals surface area contributed by atoms with Gasteiger partial charge in [-0.05, 0) is 51.0 Å². The van der Waals surface area contributed by atoms with Gasteiger partial charge in [0.05, 0.1) is 5.60 Å². The third kappa shape index (κ3) is 1.74. The monoisotopic (exact) mass is 236 g/mol. The van der Waals surface area contributed by atoms with Gasteiger partial charge in [-0.25, -0.2) is 0 Å². The maximum Gasteiger partial charge on any atom is 0.0697 e. The van der Waals surface area contributed by atoms with Crippen LogP contribution < -0.4 is 5.32 Å². The van der Waals surface area contributed by atoms with Gasteiger partial charge in [0.2, 0.25) is 0 Å². The van der Waals surface area contributed by atoms with Gasteiger partial charge in [-0.1, -0.05) is 0 Å². The zero-order valence-electron chi connectivity index (χ0n) is 10.7.